The number of carbonyl (C=O) groups is 3. The van der Waals surface area contributed by atoms with E-state index in [1.807, 2.05) is 6.92 Å². The van der Waals surface area contributed by atoms with Gasteiger partial charge in [-0.3, -0.25) is 19.3 Å². The van der Waals surface area contributed by atoms with Crippen LogP contribution in [-0.4, -0.2) is 43.0 Å². The maximum Gasteiger partial charge on any atom is 0.265 e. The van der Waals surface area contributed by atoms with Crippen molar-refractivity contribution in [1.29, 1.82) is 0 Å². The van der Waals surface area contributed by atoms with E-state index < -0.39 is 5.54 Å². The van der Waals surface area contributed by atoms with E-state index in [-0.39, 0.29) is 30.9 Å². The molecule has 1 aliphatic carbocycles. The smallest absolute Gasteiger partial charge is 0.265 e. The van der Waals surface area contributed by atoms with E-state index in [0.717, 1.165) is 23.7 Å². The summed E-state index contributed by atoms with van der Waals surface area (Å²) in [5.74, 6) is -0.216. The number of ether oxygens (including phenoxy) is 1. The number of fused-ring (bicyclic) bond motifs is 1. The molecule has 3 amide bonds. The van der Waals surface area contributed by atoms with E-state index in [9.17, 15) is 14.4 Å². The van der Waals surface area contributed by atoms with Crippen molar-refractivity contribution < 1.29 is 19.1 Å². The third kappa shape index (κ3) is 4.26. The Morgan fingerprint density at radius 2 is 2.00 bits per heavy atom. The van der Waals surface area contributed by atoms with Gasteiger partial charge in [-0.05, 0) is 38.0 Å². The molecule has 3 rings (SSSR count). The van der Waals surface area contributed by atoms with Crippen LogP contribution < -0.4 is 20.3 Å². The van der Waals surface area contributed by atoms with Crippen molar-refractivity contribution >= 4 is 39.3 Å². The number of hydrogen-bond acceptors (Lipinski definition) is 4. The van der Waals surface area contributed by atoms with Gasteiger partial charge < -0.3 is 15.4 Å². The third-order valence-corrected chi connectivity index (χ3v) is 5.52. The normalized spacial score (nSPS) is 18.3. The van der Waals surface area contributed by atoms with Crippen molar-refractivity contribution in [3.63, 3.8) is 0 Å². The average molecular weight is 438 g/mol. The number of rotatable bonds is 5. The van der Waals surface area contributed by atoms with Crippen LogP contribution in [0, 0.1) is 0 Å². The second-order valence-corrected chi connectivity index (χ2v) is 7.85. The molecule has 1 fully saturated rings. The number of benzene rings is 1. The predicted octanol–water partition coefficient (Wildman–Crippen LogP) is 2.13. The lowest BCUT2D eigenvalue weighted by molar-refractivity contribution is -0.134. The number of nitrogens with zero attached hydrogens (tertiary/aromatic N) is 1. The van der Waals surface area contributed by atoms with E-state index >= 15 is 0 Å². The van der Waals surface area contributed by atoms with Gasteiger partial charge in [-0.2, -0.15) is 0 Å². The monoisotopic (exact) mass is 437 g/mol. The Hall–Kier alpha value is -2.09. The van der Waals surface area contributed by atoms with Crippen LogP contribution in [0.1, 0.15) is 39.0 Å². The highest BCUT2D eigenvalue weighted by Crippen LogP contribution is 2.34. The summed E-state index contributed by atoms with van der Waals surface area (Å²) in [6.07, 6.45) is 4.08. The second kappa shape index (κ2) is 8.29. The van der Waals surface area contributed by atoms with Gasteiger partial charge in [0, 0.05) is 11.0 Å². The van der Waals surface area contributed by atoms with Crippen molar-refractivity contribution in [1.82, 2.24) is 10.6 Å². The summed E-state index contributed by atoms with van der Waals surface area (Å²) >= 11 is 3.37. The fourth-order valence-corrected chi connectivity index (χ4v) is 4.04. The highest BCUT2D eigenvalue weighted by Gasteiger charge is 2.41. The van der Waals surface area contributed by atoms with Crippen molar-refractivity contribution in [2.75, 3.05) is 24.6 Å². The van der Waals surface area contributed by atoms with Crippen LogP contribution in [-0.2, 0) is 14.4 Å². The number of anilines is 1. The molecule has 2 aliphatic rings. The Kier molecular flexibility index (Phi) is 6.04. The van der Waals surface area contributed by atoms with Crippen molar-refractivity contribution in [3.8, 4) is 5.75 Å². The lowest BCUT2D eigenvalue weighted by Crippen LogP contribution is -2.61. The molecule has 27 heavy (non-hydrogen) atoms. The SMILES string of the molecule is CCNC(=O)C1(NC(=O)CN2C(=O)COc3cc(Br)ccc32)CCCCC1. The summed E-state index contributed by atoms with van der Waals surface area (Å²) < 4.78 is 6.28. The maximum absolute atomic E-state index is 12.8. The summed E-state index contributed by atoms with van der Waals surface area (Å²) in [6.45, 7) is 2.12. The number of nitrogens with one attached hydrogen (secondary N) is 2. The molecule has 7 nitrogen and oxygen atoms in total. The van der Waals surface area contributed by atoms with Crippen LogP contribution in [0.3, 0.4) is 0 Å². The highest BCUT2D eigenvalue weighted by atomic mass is 79.9. The molecule has 0 atom stereocenters. The summed E-state index contributed by atoms with van der Waals surface area (Å²) in [7, 11) is 0. The maximum atomic E-state index is 12.8. The Morgan fingerprint density at radius 1 is 1.26 bits per heavy atom. The molecular weight excluding hydrogens is 414 g/mol. The third-order valence-electron chi connectivity index (χ3n) is 5.02. The standard InChI is InChI=1S/C19H24BrN3O4/c1-2-21-18(26)19(8-4-3-5-9-19)22-16(24)11-23-14-7-6-13(20)10-15(14)27-12-17(23)25/h6-7,10H,2-5,8-9,11-12H2,1H3,(H,21,26)(H,22,24). The van der Waals surface area contributed by atoms with E-state index in [0.29, 0.717) is 30.8 Å². The minimum Gasteiger partial charge on any atom is -0.482 e. The molecular formula is C19H24BrN3O4. The van der Waals surface area contributed by atoms with E-state index in [1.54, 1.807) is 18.2 Å². The number of hydrogen-bond donors (Lipinski definition) is 2. The molecule has 2 N–H and O–H groups in total. The van der Waals surface area contributed by atoms with Crippen LogP contribution in [0.25, 0.3) is 0 Å². The van der Waals surface area contributed by atoms with Crippen LogP contribution in [0.15, 0.2) is 22.7 Å². The molecule has 0 radical (unpaired) electrons. The molecule has 1 saturated carbocycles. The Labute approximate surface area is 166 Å². The van der Waals surface area contributed by atoms with Gasteiger partial charge in [-0.1, -0.05) is 35.2 Å². The van der Waals surface area contributed by atoms with Crippen LogP contribution in [0.5, 0.6) is 5.75 Å². The molecule has 8 heteroatoms. The summed E-state index contributed by atoms with van der Waals surface area (Å²) in [6, 6.07) is 5.30. The zero-order valence-electron chi connectivity index (χ0n) is 15.3. The summed E-state index contributed by atoms with van der Waals surface area (Å²) in [5, 5.41) is 5.77. The zero-order valence-corrected chi connectivity index (χ0v) is 16.9. The van der Waals surface area contributed by atoms with E-state index in [1.165, 1.54) is 4.90 Å². The van der Waals surface area contributed by atoms with Gasteiger partial charge in [0.1, 0.15) is 17.8 Å². The molecule has 1 aliphatic heterocycles. The lowest BCUT2D eigenvalue weighted by atomic mass is 9.80. The fourth-order valence-electron chi connectivity index (χ4n) is 3.70. The van der Waals surface area contributed by atoms with Gasteiger partial charge in [-0.25, -0.2) is 0 Å². The summed E-state index contributed by atoms with van der Waals surface area (Å²) in [5.41, 5.74) is -0.330. The number of halogens is 1. The number of likely N-dealkylation sites (N-methyl/N-ethyl adjacent to an activating group) is 1. The number of amides is 3. The second-order valence-electron chi connectivity index (χ2n) is 6.93. The molecule has 1 aromatic carbocycles. The molecule has 146 valence electrons. The van der Waals surface area contributed by atoms with E-state index in [4.69, 9.17) is 4.74 Å². The van der Waals surface area contributed by atoms with Crippen molar-refractivity contribution in [2.24, 2.45) is 0 Å². The number of carbonyl (C=O) groups excluding carboxylic acids is 3. The fraction of sp³-hybridized carbons (Fsp3) is 0.526. The molecule has 0 saturated heterocycles. The quantitative estimate of drug-likeness (QED) is 0.738. The largest absolute Gasteiger partial charge is 0.482 e. The van der Waals surface area contributed by atoms with Gasteiger partial charge in [0.05, 0.1) is 5.69 Å². The van der Waals surface area contributed by atoms with Gasteiger partial charge in [0.25, 0.3) is 5.91 Å². The first kappa shape index (κ1) is 19.7. The predicted molar refractivity (Wildman–Crippen MR) is 105 cm³/mol. The van der Waals surface area contributed by atoms with Crippen molar-refractivity contribution in [2.45, 2.75) is 44.6 Å². The highest BCUT2D eigenvalue weighted by molar-refractivity contribution is 9.10. The average Bonchev–Trinajstić information content (AvgIpc) is 2.65. The molecule has 0 spiro atoms. The minimum atomic E-state index is -0.886. The molecule has 0 aromatic heterocycles. The molecule has 0 unspecified atom stereocenters. The first-order valence-corrected chi connectivity index (χ1v) is 10.1. The Bertz CT molecular complexity index is 746. The zero-order chi connectivity index (χ0) is 19.4. The topological polar surface area (TPSA) is 87.7 Å². The van der Waals surface area contributed by atoms with E-state index in [2.05, 4.69) is 26.6 Å². The molecule has 1 heterocycles. The Morgan fingerprint density at radius 3 is 2.70 bits per heavy atom. The first-order valence-electron chi connectivity index (χ1n) is 9.27. The first-order chi connectivity index (χ1) is 12.9. The van der Waals surface area contributed by atoms with Crippen LogP contribution >= 0.6 is 15.9 Å². The van der Waals surface area contributed by atoms with Crippen LogP contribution in [0.2, 0.25) is 0 Å². The summed E-state index contributed by atoms with van der Waals surface area (Å²) in [4.78, 5) is 39.1. The van der Waals surface area contributed by atoms with Crippen molar-refractivity contribution in [3.05, 3.63) is 22.7 Å². The van der Waals surface area contributed by atoms with Gasteiger partial charge in [0.15, 0.2) is 6.61 Å². The van der Waals surface area contributed by atoms with Gasteiger partial charge in [-0.15, -0.1) is 0 Å². The molecule has 1 aromatic rings. The Balaban J connectivity index is 1.76. The van der Waals surface area contributed by atoms with Gasteiger partial charge >= 0.3 is 0 Å². The lowest BCUT2D eigenvalue weighted by Gasteiger charge is -2.37. The van der Waals surface area contributed by atoms with Crippen LogP contribution in [0.4, 0.5) is 5.69 Å². The minimum absolute atomic E-state index is 0.113. The molecule has 0 bridgehead atoms. The van der Waals surface area contributed by atoms with Gasteiger partial charge in [0.2, 0.25) is 11.8 Å².